The van der Waals surface area contributed by atoms with Crippen LogP contribution in [0.1, 0.15) is 10.4 Å². The van der Waals surface area contributed by atoms with E-state index in [0.717, 1.165) is 10.9 Å². The van der Waals surface area contributed by atoms with Crippen LogP contribution in [0.25, 0.3) is 16.6 Å². The zero-order valence-corrected chi connectivity index (χ0v) is 12.6. The lowest BCUT2D eigenvalue weighted by molar-refractivity contribution is 0.0601. The summed E-state index contributed by atoms with van der Waals surface area (Å²) in [6.45, 7) is 0. The van der Waals surface area contributed by atoms with E-state index in [9.17, 15) is 9.18 Å². The molecule has 0 atom stereocenters. The Labute approximate surface area is 128 Å². The fraction of sp³-hybridized carbons (Fsp3) is 0.0667. The summed E-state index contributed by atoms with van der Waals surface area (Å²) in [5.74, 6) is -0.732. The van der Waals surface area contributed by atoms with Gasteiger partial charge in [-0.05, 0) is 58.4 Å². The molecule has 4 nitrogen and oxygen atoms in total. The summed E-state index contributed by atoms with van der Waals surface area (Å²) in [7, 11) is 1.33. The molecule has 3 rings (SSSR count). The van der Waals surface area contributed by atoms with E-state index >= 15 is 0 Å². The highest BCUT2D eigenvalue weighted by Crippen LogP contribution is 2.27. The van der Waals surface area contributed by atoms with Crippen LogP contribution >= 0.6 is 15.9 Å². The molecule has 0 aliphatic heterocycles. The van der Waals surface area contributed by atoms with Crippen LogP contribution in [0.4, 0.5) is 4.39 Å². The molecule has 1 aromatic heterocycles. The molecule has 0 fully saturated rings. The Kier molecular flexibility index (Phi) is 3.47. The summed E-state index contributed by atoms with van der Waals surface area (Å²) in [4.78, 5) is 11.6. The Morgan fingerprint density at radius 3 is 2.62 bits per heavy atom. The van der Waals surface area contributed by atoms with E-state index < -0.39 is 5.97 Å². The fourth-order valence-corrected chi connectivity index (χ4v) is 2.59. The molecule has 0 radical (unpaired) electrons. The molecule has 1 heterocycles. The number of fused-ring (bicyclic) bond motifs is 1. The summed E-state index contributed by atoms with van der Waals surface area (Å²) in [6.07, 6.45) is 0. The highest BCUT2D eigenvalue weighted by molar-refractivity contribution is 9.10. The minimum Gasteiger partial charge on any atom is -0.465 e. The second-order valence-corrected chi connectivity index (χ2v) is 5.15. The molecule has 0 amide bonds. The number of benzene rings is 2. The van der Waals surface area contributed by atoms with E-state index in [1.54, 1.807) is 35.0 Å². The van der Waals surface area contributed by atoms with Gasteiger partial charge in [-0.2, -0.15) is 5.10 Å². The Morgan fingerprint density at radius 2 is 1.95 bits per heavy atom. The van der Waals surface area contributed by atoms with Crippen LogP contribution in [0, 0.1) is 5.82 Å². The van der Waals surface area contributed by atoms with Crippen molar-refractivity contribution in [1.82, 2.24) is 9.78 Å². The molecule has 0 spiro atoms. The first-order chi connectivity index (χ1) is 10.1. The third kappa shape index (κ3) is 2.42. The average Bonchev–Trinajstić information content (AvgIpc) is 2.84. The normalized spacial score (nSPS) is 10.8. The van der Waals surface area contributed by atoms with Gasteiger partial charge in [0.15, 0.2) is 0 Å². The maximum absolute atomic E-state index is 13.0. The van der Waals surface area contributed by atoms with Gasteiger partial charge in [0, 0.05) is 5.39 Å². The molecule has 0 aliphatic carbocycles. The van der Waals surface area contributed by atoms with Crippen molar-refractivity contribution in [2.45, 2.75) is 0 Å². The number of carbonyl (C=O) groups excluding carboxylic acids is 1. The smallest absolute Gasteiger partial charge is 0.337 e. The molecule has 0 bridgehead atoms. The van der Waals surface area contributed by atoms with Crippen molar-refractivity contribution in [3.63, 3.8) is 0 Å². The second-order valence-electron chi connectivity index (χ2n) is 4.40. The summed E-state index contributed by atoms with van der Waals surface area (Å²) >= 11 is 3.39. The van der Waals surface area contributed by atoms with Crippen LogP contribution < -0.4 is 0 Å². The van der Waals surface area contributed by atoms with Crippen molar-refractivity contribution in [2.24, 2.45) is 0 Å². The Balaban J connectivity index is 2.22. The maximum atomic E-state index is 13.0. The van der Waals surface area contributed by atoms with Crippen LogP contribution in [-0.4, -0.2) is 22.9 Å². The van der Waals surface area contributed by atoms with Crippen LogP contribution in [0.5, 0.6) is 0 Å². The summed E-state index contributed by atoms with van der Waals surface area (Å²) in [6, 6.07) is 11.1. The van der Waals surface area contributed by atoms with E-state index in [4.69, 9.17) is 4.74 Å². The highest BCUT2D eigenvalue weighted by atomic mass is 79.9. The summed E-state index contributed by atoms with van der Waals surface area (Å²) < 4.78 is 20.1. The molecule has 2 aromatic carbocycles. The van der Waals surface area contributed by atoms with Crippen LogP contribution in [0.15, 0.2) is 47.1 Å². The van der Waals surface area contributed by atoms with Crippen molar-refractivity contribution in [2.75, 3.05) is 7.11 Å². The van der Waals surface area contributed by atoms with Gasteiger partial charge in [0.1, 0.15) is 10.4 Å². The minimum absolute atomic E-state index is 0.315. The number of hydrogen-bond acceptors (Lipinski definition) is 3. The molecule has 3 aromatic rings. The van der Waals surface area contributed by atoms with Gasteiger partial charge in [-0.1, -0.05) is 0 Å². The Hall–Kier alpha value is -2.21. The van der Waals surface area contributed by atoms with Gasteiger partial charge >= 0.3 is 5.97 Å². The summed E-state index contributed by atoms with van der Waals surface area (Å²) in [5, 5.41) is 5.23. The average molecular weight is 349 g/mol. The summed E-state index contributed by atoms with van der Waals surface area (Å²) in [5.41, 5.74) is 1.87. The molecule has 0 unspecified atom stereocenters. The quantitative estimate of drug-likeness (QED) is 0.663. The molecule has 6 heteroatoms. The van der Waals surface area contributed by atoms with Gasteiger partial charge in [-0.3, -0.25) is 0 Å². The molecule has 0 saturated carbocycles. The highest BCUT2D eigenvalue weighted by Gasteiger charge is 2.13. The van der Waals surface area contributed by atoms with Crippen LogP contribution in [0.3, 0.4) is 0 Å². The lowest BCUT2D eigenvalue weighted by atomic mass is 10.1. The molecular weight excluding hydrogens is 339 g/mol. The first-order valence-corrected chi connectivity index (χ1v) is 6.92. The van der Waals surface area contributed by atoms with E-state index in [1.807, 2.05) is 0 Å². The monoisotopic (exact) mass is 348 g/mol. The van der Waals surface area contributed by atoms with E-state index in [2.05, 4.69) is 21.0 Å². The van der Waals surface area contributed by atoms with Gasteiger partial charge < -0.3 is 4.74 Å². The van der Waals surface area contributed by atoms with E-state index in [0.29, 0.717) is 15.9 Å². The second kappa shape index (κ2) is 5.29. The van der Waals surface area contributed by atoms with E-state index in [-0.39, 0.29) is 5.82 Å². The first kappa shape index (κ1) is 13.8. The lowest BCUT2D eigenvalue weighted by Gasteiger charge is -2.04. The van der Waals surface area contributed by atoms with Crippen LogP contribution in [-0.2, 0) is 4.74 Å². The Morgan fingerprint density at radius 1 is 1.24 bits per heavy atom. The number of carbonyl (C=O) groups is 1. The van der Waals surface area contributed by atoms with Crippen molar-refractivity contribution < 1.29 is 13.9 Å². The Bertz CT molecular complexity index is 828. The number of ether oxygens (including phenoxy) is 1. The SMILES string of the molecule is COC(=O)c1ccc2c(Br)nn(-c3ccc(F)cc3)c2c1. The third-order valence-corrected chi connectivity index (χ3v) is 3.71. The molecule has 0 saturated heterocycles. The minimum atomic E-state index is -0.417. The zero-order valence-electron chi connectivity index (χ0n) is 11.0. The first-order valence-electron chi connectivity index (χ1n) is 6.12. The topological polar surface area (TPSA) is 44.1 Å². The largest absolute Gasteiger partial charge is 0.465 e. The van der Waals surface area contributed by atoms with Gasteiger partial charge in [-0.15, -0.1) is 0 Å². The van der Waals surface area contributed by atoms with Gasteiger partial charge in [0.25, 0.3) is 0 Å². The molecule has 21 heavy (non-hydrogen) atoms. The van der Waals surface area contributed by atoms with Crippen molar-refractivity contribution in [3.8, 4) is 5.69 Å². The number of aromatic nitrogens is 2. The van der Waals surface area contributed by atoms with E-state index in [1.165, 1.54) is 19.2 Å². The van der Waals surface area contributed by atoms with Crippen LogP contribution in [0.2, 0.25) is 0 Å². The number of nitrogens with zero attached hydrogens (tertiary/aromatic N) is 2. The van der Waals surface area contributed by atoms with Gasteiger partial charge in [0.05, 0.1) is 23.9 Å². The molecule has 106 valence electrons. The fourth-order valence-electron chi connectivity index (χ4n) is 2.10. The number of hydrogen-bond donors (Lipinski definition) is 0. The maximum Gasteiger partial charge on any atom is 0.337 e. The number of methoxy groups -OCH3 is 1. The molecule has 0 N–H and O–H groups in total. The lowest BCUT2D eigenvalue weighted by Crippen LogP contribution is -2.02. The predicted molar refractivity (Wildman–Crippen MR) is 80.1 cm³/mol. The van der Waals surface area contributed by atoms with Crippen molar-refractivity contribution in [3.05, 3.63) is 58.4 Å². The molecular formula is C15H10BrFN2O2. The van der Waals surface area contributed by atoms with Gasteiger partial charge in [0.2, 0.25) is 0 Å². The third-order valence-electron chi connectivity index (χ3n) is 3.13. The van der Waals surface area contributed by atoms with Gasteiger partial charge in [-0.25, -0.2) is 13.9 Å². The van der Waals surface area contributed by atoms with Crippen molar-refractivity contribution in [1.29, 1.82) is 0 Å². The van der Waals surface area contributed by atoms with Crippen molar-refractivity contribution >= 4 is 32.8 Å². The predicted octanol–water partition coefficient (Wildman–Crippen LogP) is 3.71. The number of esters is 1. The zero-order chi connectivity index (χ0) is 15.0. The number of halogens is 2. The standard InChI is InChI=1S/C15H10BrFN2O2/c1-21-15(20)9-2-7-12-13(8-9)19(18-14(12)16)11-5-3-10(17)4-6-11/h2-8H,1H3. The molecule has 0 aliphatic rings. The number of rotatable bonds is 2.